The lowest BCUT2D eigenvalue weighted by Crippen LogP contribution is -2.07. The third-order valence-electron chi connectivity index (χ3n) is 2.38. The first kappa shape index (κ1) is 11.4. The second-order valence-corrected chi connectivity index (χ2v) is 3.75. The quantitative estimate of drug-likeness (QED) is 0.849. The van der Waals surface area contributed by atoms with Crippen LogP contribution in [-0.2, 0) is 6.42 Å². The number of nitrogen functional groups attached to an aromatic ring is 1. The summed E-state index contributed by atoms with van der Waals surface area (Å²) in [7, 11) is 0. The second-order valence-electron chi connectivity index (χ2n) is 3.75. The van der Waals surface area contributed by atoms with Gasteiger partial charge in [0.2, 0.25) is 0 Å². The smallest absolute Gasteiger partial charge is 0.128 e. The van der Waals surface area contributed by atoms with Crippen molar-refractivity contribution in [3.05, 3.63) is 53.8 Å². The van der Waals surface area contributed by atoms with E-state index in [4.69, 9.17) is 5.73 Å². The van der Waals surface area contributed by atoms with Gasteiger partial charge in [-0.15, -0.1) is 0 Å². The second kappa shape index (κ2) is 5.30. The van der Waals surface area contributed by atoms with E-state index in [0.717, 1.165) is 17.8 Å². The Morgan fingerprint density at radius 1 is 1.18 bits per heavy atom. The summed E-state index contributed by atoms with van der Waals surface area (Å²) < 4.78 is 12.9. The van der Waals surface area contributed by atoms with Crippen LogP contribution in [0.4, 0.5) is 16.0 Å². The zero-order valence-corrected chi connectivity index (χ0v) is 9.36. The summed E-state index contributed by atoms with van der Waals surface area (Å²) in [5.41, 5.74) is 6.52. The highest BCUT2D eigenvalue weighted by Crippen LogP contribution is 2.07. The number of aromatic nitrogens is 1. The third kappa shape index (κ3) is 3.45. The lowest BCUT2D eigenvalue weighted by atomic mass is 10.1. The van der Waals surface area contributed by atoms with Gasteiger partial charge in [-0.25, -0.2) is 9.37 Å². The van der Waals surface area contributed by atoms with Gasteiger partial charge in [0, 0.05) is 6.54 Å². The van der Waals surface area contributed by atoms with Crippen LogP contribution in [0.3, 0.4) is 0 Å². The number of nitrogens with zero attached hydrogens (tertiary/aromatic N) is 1. The molecule has 17 heavy (non-hydrogen) atoms. The molecule has 0 saturated heterocycles. The Bertz CT molecular complexity index is 454. The summed E-state index contributed by atoms with van der Waals surface area (Å²) >= 11 is 0. The van der Waals surface area contributed by atoms with Crippen LogP contribution in [0.5, 0.6) is 0 Å². The van der Waals surface area contributed by atoms with E-state index in [-0.39, 0.29) is 5.82 Å². The van der Waals surface area contributed by atoms with Gasteiger partial charge < -0.3 is 11.1 Å². The first-order chi connectivity index (χ1) is 8.24. The minimum atomic E-state index is -0.204. The number of benzene rings is 1. The molecule has 0 unspecified atom stereocenters. The molecule has 4 heteroatoms. The predicted molar refractivity (Wildman–Crippen MR) is 67.2 cm³/mol. The summed E-state index contributed by atoms with van der Waals surface area (Å²) in [6.07, 6.45) is 0.744. The van der Waals surface area contributed by atoms with Crippen molar-refractivity contribution < 1.29 is 4.39 Å². The summed E-state index contributed by atoms with van der Waals surface area (Å²) in [4.78, 5) is 4.11. The van der Waals surface area contributed by atoms with Crippen LogP contribution in [0.1, 0.15) is 5.56 Å². The van der Waals surface area contributed by atoms with E-state index in [9.17, 15) is 4.39 Å². The maximum Gasteiger partial charge on any atom is 0.128 e. The minimum Gasteiger partial charge on any atom is -0.384 e. The maximum absolute atomic E-state index is 12.9. The lowest BCUT2D eigenvalue weighted by molar-refractivity contribution is 0.625. The number of hydrogen-bond donors (Lipinski definition) is 2. The predicted octanol–water partition coefficient (Wildman–Crippen LogP) is 2.46. The zero-order valence-electron chi connectivity index (χ0n) is 9.36. The molecule has 0 aliphatic heterocycles. The monoisotopic (exact) mass is 231 g/mol. The fourth-order valence-corrected chi connectivity index (χ4v) is 1.58. The highest BCUT2D eigenvalue weighted by molar-refractivity contribution is 5.42. The molecule has 0 spiro atoms. The van der Waals surface area contributed by atoms with Gasteiger partial charge in [-0.2, -0.15) is 0 Å². The highest BCUT2D eigenvalue weighted by atomic mass is 19.1. The molecule has 2 rings (SSSR count). The largest absolute Gasteiger partial charge is 0.384 e. The van der Waals surface area contributed by atoms with E-state index in [2.05, 4.69) is 10.3 Å². The number of nitrogens with two attached hydrogens (primary N) is 1. The summed E-state index contributed by atoms with van der Waals surface area (Å²) in [5.74, 6) is 1.02. The van der Waals surface area contributed by atoms with Gasteiger partial charge in [0.05, 0.1) is 0 Å². The third-order valence-corrected chi connectivity index (χ3v) is 2.38. The molecule has 0 radical (unpaired) electrons. The van der Waals surface area contributed by atoms with E-state index < -0.39 is 0 Å². The molecule has 3 nitrogen and oxygen atoms in total. The Morgan fingerprint density at radius 3 is 2.76 bits per heavy atom. The average Bonchev–Trinajstić information content (AvgIpc) is 2.29. The Morgan fingerprint density at radius 2 is 2.00 bits per heavy atom. The van der Waals surface area contributed by atoms with Crippen LogP contribution in [-0.4, -0.2) is 11.5 Å². The molecule has 1 aromatic carbocycles. The molecule has 3 N–H and O–H groups in total. The van der Waals surface area contributed by atoms with E-state index in [1.165, 1.54) is 12.1 Å². The molecule has 88 valence electrons. The van der Waals surface area contributed by atoms with Crippen LogP contribution >= 0.6 is 0 Å². The number of anilines is 2. The van der Waals surface area contributed by atoms with Crippen molar-refractivity contribution in [3.8, 4) is 0 Å². The molecule has 0 fully saturated rings. The maximum atomic E-state index is 12.9. The fourth-order valence-electron chi connectivity index (χ4n) is 1.58. The summed E-state index contributed by atoms with van der Waals surface area (Å²) in [6, 6.07) is 12.0. The molecular formula is C13H14FN3. The van der Waals surface area contributed by atoms with Crippen LogP contribution < -0.4 is 11.1 Å². The molecule has 0 saturated carbocycles. The van der Waals surface area contributed by atoms with Crippen molar-refractivity contribution in [3.63, 3.8) is 0 Å². The lowest BCUT2D eigenvalue weighted by Gasteiger charge is -2.06. The van der Waals surface area contributed by atoms with E-state index in [1.807, 2.05) is 18.2 Å². The zero-order chi connectivity index (χ0) is 12.1. The fraction of sp³-hybridized carbons (Fsp3) is 0.154. The minimum absolute atomic E-state index is 0.204. The number of rotatable bonds is 4. The average molecular weight is 231 g/mol. The molecule has 2 aromatic rings. The molecule has 0 aliphatic rings. The van der Waals surface area contributed by atoms with Crippen LogP contribution in [0.15, 0.2) is 42.5 Å². The van der Waals surface area contributed by atoms with Crippen molar-refractivity contribution >= 4 is 11.6 Å². The van der Waals surface area contributed by atoms with Gasteiger partial charge in [-0.05, 0) is 36.2 Å². The summed E-state index contributed by atoms with van der Waals surface area (Å²) in [5, 5.41) is 3.14. The number of halogens is 1. The van der Waals surface area contributed by atoms with Crippen LogP contribution in [0, 0.1) is 5.82 Å². The molecule has 0 bridgehead atoms. The van der Waals surface area contributed by atoms with Crippen molar-refractivity contribution in [2.75, 3.05) is 17.6 Å². The van der Waals surface area contributed by atoms with Gasteiger partial charge in [0.15, 0.2) is 0 Å². The van der Waals surface area contributed by atoms with Crippen LogP contribution in [0.2, 0.25) is 0 Å². The van der Waals surface area contributed by atoms with E-state index >= 15 is 0 Å². The highest BCUT2D eigenvalue weighted by Gasteiger charge is 1.97. The Hall–Kier alpha value is -2.10. The van der Waals surface area contributed by atoms with Crippen molar-refractivity contribution in [1.29, 1.82) is 0 Å². The van der Waals surface area contributed by atoms with E-state index in [0.29, 0.717) is 12.4 Å². The van der Waals surface area contributed by atoms with Crippen LogP contribution in [0.25, 0.3) is 0 Å². The first-order valence-electron chi connectivity index (χ1n) is 5.45. The van der Waals surface area contributed by atoms with Crippen molar-refractivity contribution in [2.45, 2.75) is 6.42 Å². The molecular weight excluding hydrogens is 217 g/mol. The van der Waals surface area contributed by atoms with Gasteiger partial charge in [0.25, 0.3) is 0 Å². The van der Waals surface area contributed by atoms with Gasteiger partial charge in [0.1, 0.15) is 17.5 Å². The number of nitrogens with one attached hydrogen (secondary N) is 1. The SMILES string of the molecule is Nc1cccc(NCCc2cccc(F)c2)n1. The number of pyridine rings is 1. The van der Waals surface area contributed by atoms with Gasteiger partial charge in [-0.3, -0.25) is 0 Å². The summed E-state index contributed by atoms with van der Waals surface area (Å²) in [6.45, 7) is 0.694. The van der Waals surface area contributed by atoms with E-state index in [1.54, 1.807) is 12.1 Å². The normalized spacial score (nSPS) is 10.2. The Labute approximate surface area is 99.5 Å². The molecule has 1 aromatic heterocycles. The molecule has 0 aliphatic carbocycles. The first-order valence-corrected chi connectivity index (χ1v) is 5.45. The van der Waals surface area contributed by atoms with Crippen molar-refractivity contribution in [1.82, 2.24) is 4.98 Å². The topological polar surface area (TPSA) is 50.9 Å². The van der Waals surface area contributed by atoms with Gasteiger partial charge >= 0.3 is 0 Å². The Kier molecular flexibility index (Phi) is 3.55. The molecule has 0 atom stereocenters. The van der Waals surface area contributed by atoms with Gasteiger partial charge in [-0.1, -0.05) is 18.2 Å². The Balaban J connectivity index is 1.87. The standard InChI is InChI=1S/C13H14FN3/c14-11-4-1-3-10(9-11)7-8-16-13-6-2-5-12(15)17-13/h1-6,9H,7-8H2,(H3,15,16,17). The molecule has 1 heterocycles. The van der Waals surface area contributed by atoms with Crippen molar-refractivity contribution in [2.24, 2.45) is 0 Å². The molecule has 0 amide bonds. The number of hydrogen-bond acceptors (Lipinski definition) is 3.